The highest BCUT2D eigenvalue weighted by molar-refractivity contribution is 6.35. The molecule has 0 heterocycles. The van der Waals surface area contributed by atoms with Gasteiger partial charge < -0.3 is 20.1 Å². The molecule has 8 heteroatoms. The number of carbonyl (C=O) groups excluding carboxylic acids is 2. The summed E-state index contributed by atoms with van der Waals surface area (Å²) < 4.78 is 10.5. The summed E-state index contributed by atoms with van der Waals surface area (Å²) in [7, 11) is 0. The van der Waals surface area contributed by atoms with Crippen LogP contribution in [-0.4, -0.2) is 37.3 Å². The molecule has 2 amide bonds. The third-order valence-corrected chi connectivity index (χ3v) is 3.12. The lowest BCUT2D eigenvalue weighted by molar-refractivity contribution is -0.120. The molecule has 0 radical (unpaired) electrons. The molecule has 0 fully saturated rings. The third kappa shape index (κ3) is 8.84. The Balaban J connectivity index is 2.14. The minimum absolute atomic E-state index is 0.140. The molecule has 0 aliphatic carbocycles. The first-order valence-corrected chi connectivity index (χ1v) is 8.24. The van der Waals surface area contributed by atoms with Gasteiger partial charge in [-0.05, 0) is 45.4 Å². The maximum atomic E-state index is 11.6. The van der Waals surface area contributed by atoms with Gasteiger partial charge in [-0.1, -0.05) is 23.2 Å². The fourth-order valence-corrected chi connectivity index (χ4v) is 2.07. The number of amides is 2. The standard InChI is InChI=1S/C16H22Cl2N2O4/c1-16(2,3)24-15(22)20-10-14(21)19-7-4-8-23-13-6-5-11(17)9-12(13)18/h5-6,9H,4,7-8,10H2,1-3H3,(H,19,21)(H,20,22). The summed E-state index contributed by atoms with van der Waals surface area (Å²) >= 11 is 11.8. The van der Waals surface area contributed by atoms with Crippen LogP contribution >= 0.6 is 23.2 Å². The van der Waals surface area contributed by atoms with Crippen LogP contribution in [0.3, 0.4) is 0 Å². The topological polar surface area (TPSA) is 76.7 Å². The van der Waals surface area contributed by atoms with E-state index in [1.54, 1.807) is 39.0 Å². The molecule has 1 aromatic carbocycles. The number of rotatable bonds is 7. The molecule has 2 N–H and O–H groups in total. The fourth-order valence-electron chi connectivity index (χ4n) is 1.60. The Morgan fingerprint density at radius 1 is 1.17 bits per heavy atom. The molecule has 6 nitrogen and oxygen atoms in total. The minimum atomic E-state index is -0.627. The Hall–Kier alpha value is -1.66. The Morgan fingerprint density at radius 3 is 2.50 bits per heavy atom. The van der Waals surface area contributed by atoms with Crippen molar-refractivity contribution < 1.29 is 19.1 Å². The first-order chi connectivity index (χ1) is 11.2. The van der Waals surface area contributed by atoms with E-state index in [0.29, 0.717) is 35.4 Å². The summed E-state index contributed by atoms with van der Waals surface area (Å²) in [6.45, 7) is 5.92. The number of ether oxygens (including phenoxy) is 2. The fraction of sp³-hybridized carbons (Fsp3) is 0.500. The van der Waals surface area contributed by atoms with Crippen molar-refractivity contribution in [2.75, 3.05) is 19.7 Å². The molecule has 24 heavy (non-hydrogen) atoms. The molecule has 0 aliphatic heterocycles. The van der Waals surface area contributed by atoms with E-state index in [4.69, 9.17) is 32.7 Å². The number of halogens is 2. The van der Waals surface area contributed by atoms with E-state index < -0.39 is 11.7 Å². The SMILES string of the molecule is CC(C)(C)OC(=O)NCC(=O)NCCCOc1ccc(Cl)cc1Cl. The van der Waals surface area contributed by atoms with Gasteiger partial charge >= 0.3 is 6.09 Å². The second-order valence-corrected chi connectivity index (χ2v) is 6.83. The molecular weight excluding hydrogens is 355 g/mol. The number of nitrogens with one attached hydrogen (secondary N) is 2. The molecule has 0 unspecified atom stereocenters. The van der Waals surface area contributed by atoms with Gasteiger partial charge in [-0.3, -0.25) is 4.79 Å². The molecular formula is C16H22Cl2N2O4. The van der Waals surface area contributed by atoms with Crippen LogP contribution in [0.15, 0.2) is 18.2 Å². The molecule has 0 atom stereocenters. The zero-order valence-corrected chi connectivity index (χ0v) is 15.5. The van der Waals surface area contributed by atoms with Gasteiger partial charge in [-0.2, -0.15) is 0 Å². The van der Waals surface area contributed by atoms with E-state index in [0.717, 1.165) is 0 Å². The average Bonchev–Trinajstić information content (AvgIpc) is 2.45. The molecule has 0 bridgehead atoms. The lowest BCUT2D eigenvalue weighted by atomic mass is 10.2. The summed E-state index contributed by atoms with van der Waals surface area (Å²) in [5, 5.41) is 6.03. The quantitative estimate of drug-likeness (QED) is 0.714. The van der Waals surface area contributed by atoms with Crippen LogP contribution in [0.1, 0.15) is 27.2 Å². The van der Waals surface area contributed by atoms with Crippen LogP contribution in [-0.2, 0) is 9.53 Å². The summed E-state index contributed by atoms with van der Waals surface area (Å²) in [4.78, 5) is 23.0. The van der Waals surface area contributed by atoms with Gasteiger partial charge in [0.1, 0.15) is 11.4 Å². The Morgan fingerprint density at radius 2 is 1.88 bits per heavy atom. The van der Waals surface area contributed by atoms with E-state index in [-0.39, 0.29) is 12.5 Å². The largest absolute Gasteiger partial charge is 0.492 e. The lowest BCUT2D eigenvalue weighted by Crippen LogP contribution is -2.40. The van der Waals surface area contributed by atoms with Crippen molar-refractivity contribution in [3.05, 3.63) is 28.2 Å². The predicted molar refractivity (Wildman–Crippen MR) is 93.8 cm³/mol. The van der Waals surface area contributed by atoms with Crippen molar-refractivity contribution in [1.82, 2.24) is 10.6 Å². The van der Waals surface area contributed by atoms with Gasteiger partial charge in [0.15, 0.2) is 0 Å². The normalized spacial score (nSPS) is 10.9. The van der Waals surface area contributed by atoms with Crippen molar-refractivity contribution in [3.63, 3.8) is 0 Å². The predicted octanol–water partition coefficient (Wildman–Crippen LogP) is 3.40. The Labute approximate surface area is 151 Å². The molecule has 0 saturated heterocycles. The van der Waals surface area contributed by atoms with Crippen LogP contribution in [0, 0.1) is 0 Å². The molecule has 0 spiro atoms. The van der Waals surface area contributed by atoms with Crippen molar-refractivity contribution in [2.24, 2.45) is 0 Å². The van der Waals surface area contributed by atoms with Crippen LogP contribution < -0.4 is 15.4 Å². The molecule has 1 aromatic rings. The molecule has 0 aromatic heterocycles. The Bertz CT molecular complexity index is 574. The van der Waals surface area contributed by atoms with E-state index >= 15 is 0 Å². The van der Waals surface area contributed by atoms with Crippen LogP contribution in [0.5, 0.6) is 5.75 Å². The number of hydrogen-bond donors (Lipinski definition) is 2. The van der Waals surface area contributed by atoms with Crippen molar-refractivity contribution in [1.29, 1.82) is 0 Å². The van der Waals surface area contributed by atoms with Gasteiger partial charge in [0.25, 0.3) is 0 Å². The molecule has 134 valence electrons. The molecule has 0 aliphatic rings. The summed E-state index contributed by atoms with van der Waals surface area (Å²) in [6, 6.07) is 4.98. The van der Waals surface area contributed by atoms with Gasteiger partial charge in [0.05, 0.1) is 18.2 Å². The van der Waals surface area contributed by atoms with Gasteiger partial charge in [0.2, 0.25) is 5.91 Å². The van der Waals surface area contributed by atoms with Gasteiger partial charge in [-0.25, -0.2) is 4.79 Å². The van der Waals surface area contributed by atoms with E-state index in [2.05, 4.69) is 10.6 Å². The lowest BCUT2D eigenvalue weighted by Gasteiger charge is -2.19. The van der Waals surface area contributed by atoms with Crippen molar-refractivity contribution in [2.45, 2.75) is 32.8 Å². The minimum Gasteiger partial charge on any atom is -0.492 e. The maximum absolute atomic E-state index is 11.6. The maximum Gasteiger partial charge on any atom is 0.408 e. The summed E-state index contributed by atoms with van der Waals surface area (Å²) in [5.74, 6) is 0.240. The highest BCUT2D eigenvalue weighted by Crippen LogP contribution is 2.27. The second-order valence-electron chi connectivity index (χ2n) is 5.98. The van der Waals surface area contributed by atoms with Crippen LogP contribution in [0.25, 0.3) is 0 Å². The average molecular weight is 377 g/mol. The smallest absolute Gasteiger partial charge is 0.408 e. The molecule has 0 saturated carbocycles. The first-order valence-electron chi connectivity index (χ1n) is 7.49. The highest BCUT2D eigenvalue weighted by atomic mass is 35.5. The van der Waals surface area contributed by atoms with Crippen LogP contribution in [0.2, 0.25) is 10.0 Å². The number of alkyl carbamates (subject to hydrolysis) is 1. The zero-order valence-electron chi connectivity index (χ0n) is 13.9. The van der Waals surface area contributed by atoms with E-state index in [1.165, 1.54) is 0 Å². The number of carbonyl (C=O) groups is 2. The number of hydrogen-bond acceptors (Lipinski definition) is 4. The zero-order chi connectivity index (χ0) is 18.2. The second kappa shape index (κ2) is 9.59. The van der Waals surface area contributed by atoms with Crippen LogP contribution in [0.4, 0.5) is 4.79 Å². The van der Waals surface area contributed by atoms with Crippen molar-refractivity contribution >= 4 is 35.2 Å². The van der Waals surface area contributed by atoms with E-state index in [9.17, 15) is 9.59 Å². The molecule has 1 rings (SSSR count). The van der Waals surface area contributed by atoms with Gasteiger partial charge in [-0.15, -0.1) is 0 Å². The van der Waals surface area contributed by atoms with E-state index in [1.807, 2.05) is 0 Å². The highest BCUT2D eigenvalue weighted by Gasteiger charge is 2.16. The third-order valence-electron chi connectivity index (χ3n) is 2.59. The first kappa shape index (κ1) is 20.4. The van der Waals surface area contributed by atoms with Crippen molar-refractivity contribution in [3.8, 4) is 5.75 Å². The Kier molecular flexibility index (Phi) is 8.15. The summed E-state index contributed by atoms with van der Waals surface area (Å²) in [5.41, 5.74) is -0.596. The summed E-state index contributed by atoms with van der Waals surface area (Å²) in [6.07, 6.45) is -0.0321. The van der Waals surface area contributed by atoms with Gasteiger partial charge in [0, 0.05) is 11.6 Å². The number of benzene rings is 1. The monoisotopic (exact) mass is 376 g/mol.